The Morgan fingerprint density at radius 2 is 1.27 bits per heavy atom. The summed E-state index contributed by atoms with van der Waals surface area (Å²) < 4.78 is 6.18. The molecule has 0 saturated carbocycles. The van der Waals surface area contributed by atoms with Crippen molar-refractivity contribution in [2.24, 2.45) is 0 Å². The summed E-state index contributed by atoms with van der Waals surface area (Å²) in [5.74, 6) is 0. The fourth-order valence-corrected chi connectivity index (χ4v) is 23.9. The van der Waals surface area contributed by atoms with Crippen LogP contribution in [0.1, 0.15) is 91.9 Å². The van der Waals surface area contributed by atoms with Gasteiger partial charge < -0.3 is 0 Å². The van der Waals surface area contributed by atoms with Crippen LogP contribution in [0.5, 0.6) is 0 Å². The Hall–Kier alpha value is 0.759. The summed E-state index contributed by atoms with van der Waals surface area (Å²) in [7, 11) is 0. The normalized spacial score (nSPS) is 19.9. The molecule has 0 bridgehead atoms. The summed E-state index contributed by atoms with van der Waals surface area (Å²) in [5, 5.41) is 0. The van der Waals surface area contributed by atoms with Crippen molar-refractivity contribution in [3.63, 3.8) is 0 Å². The fraction of sp³-hybridized carbons (Fsp3) is 1.00. The van der Waals surface area contributed by atoms with Gasteiger partial charge in [0.2, 0.25) is 0 Å². The summed E-state index contributed by atoms with van der Waals surface area (Å²) in [6.07, 6.45) is 14.7. The SMILES string of the molecule is CCCCN1CCC[C@H]1[Sn]([CH2]CCC)([CH2]CCC)[CH2]CCC. The molecule has 0 amide bonds. The molecule has 1 heterocycles. The number of unbranched alkanes of at least 4 members (excludes halogenated alkanes) is 4. The van der Waals surface area contributed by atoms with Crippen molar-refractivity contribution >= 4 is 18.4 Å². The molecule has 2 heteroatoms. The third-order valence-electron chi connectivity index (χ3n) is 5.95. The molecule has 1 aliphatic rings. The molecule has 0 N–H and O–H groups in total. The number of rotatable bonds is 13. The van der Waals surface area contributed by atoms with Crippen LogP contribution in [-0.4, -0.2) is 40.4 Å². The molecule has 1 nitrogen and oxygen atoms in total. The first-order valence-corrected chi connectivity index (χ1v) is 18.2. The minimum absolute atomic E-state index is 1.10. The molecular formula is C20H43NSn. The average Bonchev–Trinajstić information content (AvgIpc) is 3.01. The van der Waals surface area contributed by atoms with Gasteiger partial charge in [-0.15, -0.1) is 0 Å². The zero-order valence-electron chi connectivity index (χ0n) is 16.1. The van der Waals surface area contributed by atoms with Crippen molar-refractivity contribution in [1.29, 1.82) is 0 Å². The van der Waals surface area contributed by atoms with Crippen LogP contribution in [0.4, 0.5) is 0 Å². The third kappa shape index (κ3) is 6.34. The third-order valence-corrected chi connectivity index (χ3v) is 23.4. The molecule has 0 radical (unpaired) electrons. The molecule has 132 valence electrons. The molecular weight excluding hydrogens is 373 g/mol. The van der Waals surface area contributed by atoms with E-state index < -0.39 is 18.4 Å². The second-order valence-electron chi connectivity index (χ2n) is 7.72. The second-order valence-corrected chi connectivity index (χ2v) is 21.7. The summed E-state index contributed by atoms with van der Waals surface area (Å²) in [4.78, 5) is 2.99. The van der Waals surface area contributed by atoms with E-state index in [0.29, 0.717) is 0 Å². The van der Waals surface area contributed by atoms with E-state index in [0.717, 1.165) is 4.06 Å². The molecule has 0 aromatic rings. The van der Waals surface area contributed by atoms with Gasteiger partial charge in [0, 0.05) is 0 Å². The van der Waals surface area contributed by atoms with Crippen LogP contribution in [-0.2, 0) is 0 Å². The van der Waals surface area contributed by atoms with Crippen molar-refractivity contribution in [1.82, 2.24) is 4.90 Å². The Bertz CT molecular complexity index is 245. The van der Waals surface area contributed by atoms with E-state index in [4.69, 9.17) is 0 Å². The van der Waals surface area contributed by atoms with Gasteiger partial charge in [-0.25, -0.2) is 0 Å². The van der Waals surface area contributed by atoms with Crippen LogP contribution < -0.4 is 0 Å². The van der Waals surface area contributed by atoms with Gasteiger partial charge in [-0.1, -0.05) is 0 Å². The van der Waals surface area contributed by atoms with Crippen LogP contribution >= 0.6 is 0 Å². The van der Waals surface area contributed by atoms with Gasteiger partial charge in [0.25, 0.3) is 0 Å². The van der Waals surface area contributed by atoms with E-state index in [-0.39, 0.29) is 0 Å². The molecule has 1 saturated heterocycles. The van der Waals surface area contributed by atoms with Crippen molar-refractivity contribution in [3.05, 3.63) is 0 Å². The molecule has 0 spiro atoms. The minimum atomic E-state index is -2.01. The van der Waals surface area contributed by atoms with E-state index in [2.05, 4.69) is 32.6 Å². The molecule has 0 aromatic carbocycles. The summed E-state index contributed by atoms with van der Waals surface area (Å²) in [6, 6.07) is 0. The molecule has 0 aromatic heterocycles. The Balaban J connectivity index is 2.86. The average molecular weight is 416 g/mol. The van der Waals surface area contributed by atoms with E-state index in [9.17, 15) is 0 Å². The van der Waals surface area contributed by atoms with E-state index in [1.807, 2.05) is 0 Å². The molecule has 1 fully saturated rings. The summed E-state index contributed by atoms with van der Waals surface area (Å²) in [5.41, 5.74) is 0. The van der Waals surface area contributed by atoms with Gasteiger partial charge in [0.1, 0.15) is 0 Å². The summed E-state index contributed by atoms with van der Waals surface area (Å²) >= 11 is -2.01. The predicted octanol–water partition coefficient (Wildman–Crippen LogP) is 6.64. The first-order valence-electron chi connectivity index (χ1n) is 10.5. The maximum absolute atomic E-state index is 2.99. The molecule has 0 unspecified atom stereocenters. The Labute approximate surface area is 145 Å². The van der Waals surface area contributed by atoms with E-state index in [1.165, 1.54) is 70.9 Å². The van der Waals surface area contributed by atoms with Gasteiger partial charge in [-0.2, -0.15) is 0 Å². The van der Waals surface area contributed by atoms with E-state index >= 15 is 0 Å². The van der Waals surface area contributed by atoms with Gasteiger partial charge >= 0.3 is 146 Å². The Morgan fingerprint density at radius 1 is 0.773 bits per heavy atom. The second kappa shape index (κ2) is 12.2. The molecule has 1 rings (SSSR count). The van der Waals surface area contributed by atoms with Gasteiger partial charge in [0.05, 0.1) is 0 Å². The van der Waals surface area contributed by atoms with E-state index in [1.54, 1.807) is 19.7 Å². The number of nitrogens with zero attached hydrogens (tertiary/aromatic N) is 1. The van der Waals surface area contributed by atoms with Gasteiger partial charge in [-0.05, 0) is 0 Å². The van der Waals surface area contributed by atoms with Crippen LogP contribution in [0.25, 0.3) is 0 Å². The molecule has 22 heavy (non-hydrogen) atoms. The maximum atomic E-state index is 2.99. The van der Waals surface area contributed by atoms with Crippen molar-refractivity contribution in [2.75, 3.05) is 13.1 Å². The number of likely N-dealkylation sites (tertiary alicyclic amines) is 1. The Kier molecular flexibility index (Phi) is 11.5. The predicted molar refractivity (Wildman–Crippen MR) is 104 cm³/mol. The van der Waals surface area contributed by atoms with Crippen molar-refractivity contribution in [2.45, 2.75) is 109 Å². The van der Waals surface area contributed by atoms with Crippen molar-refractivity contribution < 1.29 is 0 Å². The molecule has 1 atom stereocenters. The van der Waals surface area contributed by atoms with Crippen LogP contribution in [0, 0.1) is 0 Å². The number of hydrogen-bond donors (Lipinski definition) is 0. The molecule has 0 aliphatic carbocycles. The first-order chi connectivity index (χ1) is 10.7. The van der Waals surface area contributed by atoms with Crippen LogP contribution in [0.3, 0.4) is 0 Å². The zero-order chi connectivity index (χ0) is 16.3. The number of hydrogen-bond acceptors (Lipinski definition) is 1. The monoisotopic (exact) mass is 417 g/mol. The molecule has 1 aliphatic heterocycles. The fourth-order valence-electron chi connectivity index (χ4n) is 4.61. The first kappa shape index (κ1) is 20.8. The van der Waals surface area contributed by atoms with Crippen LogP contribution in [0.2, 0.25) is 13.3 Å². The summed E-state index contributed by atoms with van der Waals surface area (Å²) in [6.45, 7) is 12.4. The topological polar surface area (TPSA) is 3.24 Å². The zero-order valence-corrected chi connectivity index (χ0v) is 19.0. The Morgan fingerprint density at radius 3 is 1.73 bits per heavy atom. The van der Waals surface area contributed by atoms with Crippen LogP contribution in [0.15, 0.2) is 0 Å². The van der Waals surface area contributed by atoms with Crippen molar-refractivity contribution in [3.8, 4) is 0 Å². The quantitative estimate of drug-likeness (QED) is 0.304. The standard InChI is InChI=1S/C8H16N.3C4H9.Sn/c1-2-3-6-9-7-4-5-8-9;3*1-3-4-2;/h7H,2-6,8H2,1H3;3*1,3-4H2,2H3;. The van der Waals surface area contributed by atoms with Gasteiger partial charge in [0.15, 0.2) is 0 Å². The van der Waals surface area contributed by atoms with Gasteiger partial charge in [-0.3, -0.25) is 0 Å².